The van der Waals surface area contributed by atoms with Gasteiger partial charge in [-0.1, -0.05) is 18.9 Å². The summed E-state index contributed by atoms with van der Waals surface area (Å²) < 4.78 is 5.44. The van der Waals surface area contributed by atoms with Gasteiger partial charge in [-0.15, -0.1) is 0 Å². The molecule has 128 valence electrons. The van der Waals surface area contributed by atoms with Gasteiger partial charge in [-0.2, -0.15) is 4.98 Å². The maximum atomic E-state index is 5.44. The molecule has 3 rings (SSSR count). The lowest BCUT2D eigenvalue weighted by atomic mass is 10.2. The third-order valence-corrected chi connectivity index (χ3v) is 4.37. The van der Waals surface area contributed by atoms with E-state index in [-0.39, 0.29) is 0 Å². The Hall–Kier alpha value is -2.30. The van der Waals surface area contributed by atoms with Gasteiger partial charge in [0.2, 0.25) is 5.95 Å². The number of nitrogens with one attached hydrogen (secondary N) is 1. The van der Waals surface area contributed by atoms with Gasteiger partial charge in [-0.05, 0) is 44.4 Å². The minimum Gasteiger partial charge on any atom is -0.495 e. The first kappa shape index (κ1) is 16.6. The standard InChI is InChI=1S/C19H26N4O/c1-14-8-9-17(24-3)16(12-14)21-19-20-15(2)13-18(22-19)23-10-6-4-5-7-11-23/h8-9,12-13H,4-7,10-11H2,1-3H3,(H,20,21,22). The quantitative estimate of drug-likeness (QED) is 0.911. The second kappa shape index (κ2) is 7.51. The number of hydrogen-bond acceptors (Lipinski definition) is 5. The number of ether oxygens (including phenoxy) is 1. The molecular formula is C19H26N4O. The van der Waals surface area contributed by atoms with Crippen molar-refractivity contribution in [2.75, 3.05) is 30.4 Å². The predicted molar refractivity (Wildman–Crippen MR) is 98.5 cm³/mol. The summed E-state index contributed by atoms with van der Waals surface area (Å²) >= 11 is 0. The molecular weight excluding hydrogens is 300 g/mol. The molecule has 1 N–H and O–H groups in total. The van der Waals surface area contributed by atoms with E-state index in [1.54, 1.807) is 7.11 Å². The van der Waals surface area contributed by atoms with E-state index in [4.69, 9.17) is 9.72 Å². The van der Waals surface area contributed by atoms with Crippen molar-refractivity contribution in [2.24, 2.45) is 0 Å². The van der Waals surface area contributed by atoms with Gasteiger partial charge in [-0.25, -0.2) is 4.98 Å². The molecule has 0 radical (unpaired) electrons. The van der Waals surface area contributed by atoms with Crippen LogP contribution in [0.25, 0.3) is 0 Å². The molecule has 1 fully saturated rings. The Labute approximate surface area is 144 Å². The summed E-state index contributed by atoms with van der Waals surface area (Å²) in [7, 11) is 1.68. The van der Waals surface area contributed by atoms with E-state index < -0.39 is 0 Å². The Kier molecular flexibility index (Phi) is 5.18. The van der Waals surface area contributed by atoms with Crippen molar-refractivity contribution < 1.29 is 4.74 Å². The molecule has 5 nitrogen and oxygen atoms in total. The summed E-state index contributed by atoms with van der Waals surface area (Å²) in [5.41, 5.74) is 3.03. The molecule has 0 amide bonds. The van der Waals surface area contributed by atoms with E-state index in [9.17, 15) is 0 Å². The van der Waals surface area contributed by atoms with Crippen LogP contribution in [0.3, 0.4) is 0 Å². The van der Waals surface area contributed by atoms with Crippen molar-refractivity contribution in [1.82, 2.24) is 9.97 Å². The number of methoxy groups -OCH3 is 1. The van der Waals surface area contributed by atoms with E-state index in [1.807, 2.05) is 19.1 Å². The highest BCUT2D eigenvalue weighted by Gasteiger charge is 2.14. The van der Waals surface area contributed by atoms with Crippen LogP contribution >= 0.6 is 0 Å². The molecule has 0 saturated carbocycles. The van der Waals surface area contributed by atoms with E-state index >= 15 is 0 Å². The second-order valence-electron chi connectivity index (χ2n) is 6.42. The maximum absolute atomic E-state index is 5.44. The van der Waals surface area contributed by atoms with Crippen molar-refractivity contribution in [3.8, 4) is 5.75 Å². The van der Waals surface area contributed by atoms with Crippen LogP contribution in [0.2, 0.25) is 0 Å². The van der Waals surface area contributed by atoms with E-state index in [1.165, 1.54) is 31.2 Å². The monoisotopic (exact) mass is 326 g/mol. The van der Waals surface area contributed by atoms with Crippen molar-refractivity contribution >= 4 is 17.5 Å². The number of hydrogen-bond donors (Lipinski definition) is 1. The zero-order chi connectivity index (χ0) is 16.9. The van der Waals surface area contributed by atoms with Gasteiger partial charge in [-0.3, -0.25) is 0 Å². The molecule has 5 heteroatoms. The van der Waals surface area contributed by atoms with Gasteiger partial charge in [0.1, 0.15) is 11.6 Å². The lowest BCUT2D eigenvalue weighted by Crippen LogP contribution is -2.25. The largest absolute Gasteiger partial charge is 0.495 e. The summed E-state index contributed by atoms with van der Waals surface area (Å²) in [4.78, 5) is 11.7. The summed E-state index contributed by atoms with van der Waals surface area (Å²) in [5.74, 6) is 2.43. The van der Waals surface area contributed by atoms with Crippen molar-refractivity contribution in [1.29, 1.82) is 0 Å². The molecule has 1 aliphatic heterocycles. The number of aryl methyl sites for hydroxylation is 2. The number of anilines is 3. The molecule has 1 saturated heterocycles. The van der Waals surface area contributed by atoms with Crippen LogP contribution in [0.15, 0.2) is 24.3 Å². The van der Waals surface area contributed by atoms with Gasteiger partial charge in [0.15, 0.2) is 0 Å². The Bertz CT molecular complexity index is 694. The van der Waals surface area contributed by atoms with Crippen LogP contribution in [0, 0.1) is 13.8 Å². The van der Waals surface area contributed by atoms with Gasteiger partial charge < -0.3 is 15.0 Å². The fraction of sp³-hybridized carbons (Fsp3) is 0.474. The Morgan fingerprint density at radius 2 is 1.75 bits per heavy atom. The second-order valence-corrected chi connectivity index (χ2v) is 6.42. The minimum atomic E-state index is 0.623. The fourth-order valence-corrected chi connectivity index (χ4v) is 3.11. The minimum absolute atomic E-state index is 0.623. The third-order valence-electron chi connectivity index (χ3n) is 4.37. The van der Waals surface area contributed by atoms with E-state index in [0.29, 0.717) is 5.95 Å². The number of nitrogens with zero attached hydrogens (tertiary/aromatic N) is 3. The molecule has 1 aliphatic rings. The van der Waals surface area contributed by atoms with Crippen molar-refractivity contribution in [3.63, 3.8) is 0 Å². The molecule has 0 bridgehead atoms. The summed E-state index contributed by atoms with van der Waals surface area (Å²) in [6.45, 7) is 6.22. The van der Waals surface area contributed by atoms with E-state index in [2.05, 4.69) is 34.3 Å². The smallest absolute Gasteiger partial charge is 0.229 e. The Morgan fingerprint density at radius 1 is 1.00 bits per heavy atom. The van der Waals surface area contributed by atoms with Crippen LogP contribution in [0.4, 0.5) is 17.5 Å². The van der Waals surface area contributed by atoms with Crippen LogP contribution in [0.1, 0.15) is 36.9 Å². The molecule has 0 spiro atoms. The first-order valence-corrected chi connectivity index (χ1v) is 8.68. The number of rotatable bonds is 4. The third kappa shape index (κ3) is 3.96. The van der Waals surface area contributed by atoms with Crippen LogP contribution in [-0.2, 0) is 0 Å². The lowest BCUT2D eigenvalue weighted by Gasteiger charge is -2.22. The zero-order valence-electron chi connectivity index (χ0n) is 14.8. The first-order valence-electron chi connectivity index (χ1n) is 8.68. The lowest BCUT2D eigenvalue weighted by molar-refractivity contribution is 0.416. The average molecular weight is 326 g/mol. The molecule has 0 unspecified atom stereocenters. The van der Waals surface area contributed by atoms with E-state index in [0.717, 1.165) is 36.0 Å². The highest BCUT2D eigenvalue weighted by molar-refractivity contribution is 5.64. The zero-order valence-corrected chi connectivity index (χ0v) is 14.8. The predicted octanol–water partition coefficient (Wildman–Crippen LogP) is 4.23. The molecule has 24 heavy (non-hydrogen) atoms. The molecule has 1 aromatic carbocycles. The summed E-state index contributed by atoms with van der Waals surface area (Å²) in [6.07, 6.45) is 5.09. The van der Waals surface area contributed by atoms with Crippen molar-refractivity contribution in [3.05, 3.63) is 35.5 Å². The summed E-state index contributed by atoms with van der Waals surface area (Å²) in [5, 5.41) is 3.33. The SMILES string of the molecule is COc1ccc(C)cc1Nc1nc(C)cc(N2CCCCCC2)n1. The molecule has 2 aromatic rings. The highest BCUT2D eigenvalue weighted by Crippen LogP contribution is 2.28. The van der Waals surface area contributed by atoms with Gasteiger partial charge in [0.25, 0.3) is 0 Å². The van der Waals surface area contributed by atoms with Crippen LogP contribution in [-0.4, -0.2) is 30.2 Å². The van der Waals surface area contributed by atoms with Crippen molar-refractivity contribution in [2.45, 2.75) is 39.5 Å². The topological polar surface area (TPSA) is 50.3 Å². The normalized spacial score (nSPS) is 15.0. The highest BCUT2D eigenvalue weighted by atomic mass is 16.5. The number of aromatic nitrogens is 2. The molecule has 0 aliphatic carbocycles. The maximum Gasteiger partial charge on any atom is 0.229 e. The Balaban J connectivity index is 1.87. The van der Waals surface area contributed by atoms with Gasteiger partial charge in [0, 0.05) is 24.8 Å². The van der Waals surface area contributed by atoms with Gasteiger partial charge >= 0.3 is 0 Å². The van der Waals surface area contributed by atoms with Crippen LogP contribution < -0.4 is 15.0 Å². The fourth-order valence-electron chi connectivity index (χ4n) is 3.11. The summed E-state index contributed by atoms with van der Waals surface area (Å²) in [6, 6.07) is 8.12. The Morgan fingerprint density at radius 3 is 2.46 bits per heavy atom. The first-order chi connectivity index (χ1) is 11.7. The van der Waals surface area contributed by atoms with Gasteiger partial charge in [0.05, 0.1) is 12.8 Å². The van der Waals surface area contributed by atoms with Crippen LogP contribution in [0.5, 0.6) is 5.75 Å². The number of benzene rings is 1. The molecule has 1 aromatic heterocycles. The molecule has 2 heterocycles. The molecule has 0 atom stereocenters. The average Bonchev–Trinajstić information content (AvgIpc) is 2.84.